The number of anilines is 2. The summed E-state index contributed by atoms with van der Waals surface area (Å²) in [5.74, 6) is 0.237. The van der Waals surface area contributed by atoms with E-state index in [0.717, 1.165) is 29.2 Å². The second kappa shape index (κ2) is 6.59. The van der Waals surface area contributed by atoms with E-state index >= 15 is 0 Å². The number of fused-ring (bicyclic) bond motifs is 1. The van der Waals surface area contributed by atoms with Gasteiger partial charge in [0.05, 0.1) is 11.3 Å². The molecule has 1 heterocycles. The third-order valence-electron chi connectivity index (χ3n) is 4.49. The molecule has 5 nitrogen and oxygen atoms in total. The average molecular weight is 345 g/mol. The summed E-state index contributed by atoms with van der Waals surface area (Å²) in [6.07, 6.45) is 3.48. The quantitative estimate of drug-likeness (QED) is 0.746. The van der Waals surface area contributed by atoms with Crippen LogP contribution in [0.25, 0.3) is 10.8 Å². The first-order valence-corrected chi connectivity index (χ1v) is 8.68. The highest BCUT2D eigenvalue weighted by Crippen LogP contribution is 2.32. The molecular weight excluding hydrogens is 326 g/mol. The van der Waals surface area contributed by atoms with Crippen molar-refractivity contribution in [1.82, 2.24) is 4.98 Å². The van der Waals surface area contributed by atoms with Gasteiger partial charge in [-0.2, -0.15) is 0 Å². The molecular formula is C21H19N3O2. The molecule has 130 valence electrons. The molecule has 1 aromatic heterocycles. The Hall–Kier alpha value is -3.21. The molecule has 0 atom stereocenters. The molecule has 0 bridgehead atoms. The molecule has 5 heteroatoms. The normalized spacial score (nSPS) is 13.4. The molecule has 1 aliphatic rings. The van der Waals surface area contributed by atoms with Crippen molar-refractivity contribution in [2.24, 2.45) is 5.92 Å². The zero-order valence-electron chi connectivity index (χ0n) is 14.5. The van der Waals surface area contributed by atoms with E-state index in [9.17, 15) is 9.59 Å². The van der Waals surface area contributed by atoms with Crippen LogP contribution < -0.4 is 10.6 Å². The molecule has 3 aromatic rings. The summed E-state index contributed by atoms with van der Waals surface area (Å²) in [5.41, 5.74) is 1.97. The number of nitrogens with one attached hydrogen (secondary N) is 2. The van der Waals surface area contributed by atoms with Crippen molar-refractivity contribution in [3.05, 3.63) is 65.9 Å². The lowest BCUT2D eigenvalue weighted by atomic mass is 10.0. The lowest BCUT2D eigenvalue weighted by molar-refractivity contribution is -0.117. The van der Waals surface area contributed by atoms with Crippen LogP contribution in [0.15, 0.2) is 54.7 Å². The van der Waals surface area contributed by atoms with E-state index in [1.54, 1.807) is 12.3 Å². The maximum Gasteiger partial charge on any atom is 0.258 e. The number of aryl methyl sites for hydroxylation is 1. The third-order valence-corrected chi connectivity index (χ3v) is 4.49. The zero-order valence-corrected chi connectivity index (χ0v) is 14.5. The molecule has 0 unspecified atom stereocenters. The highest BCUT2D eigenvalue weighted by Gasteiger charge is 2.30. The van der Waals surface area contributed by atoms with Crippen molar-refractivity contribution < 1.29 is 9.59 Å². The van der Waals surface area contributed by atoms with Crippen LogP contribution in [-0.2, 0) is 4.79 Å². The Morgan fingerprint density at radius 3 is 2.42 bits per heavy atom. The zero-order chi connectivity index (χ0) is 18.1. The minimum Gasteiger partial charge on any atom is -0.325 e. The second-order valence-corrected chi connectivity index (χ2v) is 6.68. The monoisotopic (exact) mass is 345 g/mol. The number of benzene rings is 2. The van der Waals surface area contributed by atoms with Crippen LogP contribution in [0.2, 0.25) is 0 Å². The first-order valence-electron chi connectivity index (χ1n) is 8.68. The Morgan fingerprint density at radius 2 is 1.73 bits per heavy atom. The van der Waals surface area contributed by atoms with Gasteiger partial charge in [0.25, 0.3) is 5.91 Å². The number of carbonyl (C=O) groups excluding carboxylic acids is 2. The fourth-order valence-electron chi connectivity index (χ4n) is 2.90. The van der Waals surface area contributed by atoms with Gasteiger partial charge in [-0.15, -0.1) is 0 Å². The van der Waals surface area contributed by atoms with Gasteiger partial charge >= 0.3 is 0 Å². The number of rotatable bonds is 4. The predicted octanol–water partition coefficient (Wildman–Crippen LogP) is 4.14. The van der Waals surface area contributed by atoms with Gasteiger partial charge in [-0.05, 0) is 60.4 Å². The van der Waals surface area contributed by atoms with Crippen molar-refractivity contribution in [3.8, 4) is 0 Å². The summed E-state index contributed by atoms with van der Waals surface area (Å²) >= 11 is 0. The molecule has 2 amide bonds. The maximum atomic E-state index is 12.9. The number of hydrogen-bond donors (Lipinski definition) is 2. The van der Waals surface area contributed by atoms with E-state index in [0.29, 0.717) is 17.1 Å². The van der Waals surface area contributed by atoms with Gasteiger partial charge in [0.1, 0.15) is 5.82 Å². The average Bonchev–Trinajstić information content (AvgIpc) is 3.46. The maximum absolute atomic E-state index is 12.9. The van der Waals surface area contributed by atoms with Crippen molar-refractivity contribution in [1.29, 1.82) is 0 Å². The standard InChI is InChI=1S/C21H19N3O2/c1-13-8-9-22-19(10-13)24-21(26)17-11-15-4-2-3-5-16(15)12-18(17)23-20(25)14-6-7-14/h2-5,8-12,14H,6-7H2,1H3,(H,23,25)(H,22,24,26). The minimum atomic E-state index is -0.292. The Kier molecular flexibility index (Phi) is 4.13. The Labute approximate surface area is 151 Å². The van der Waals surface area contributed by atoms with E-state index in [2.05, 4.69) is 15.6 Å². The summed E-state index contributed by atoms with van der Waals surface area (Å²) in [4.78, 5) is 29.3. The molecule has 2 aromatic carbocycles. The second-order valence-electron chi connectivity index (χ2n) is 6.68. The first kappa shape index (κ1) is 16.3. The molecule has 0 saturated heterocycles. The minimum absolute atomic E-state index is 0.0250. The molecule has 2 N–H and O–H groups in total. The highest BCUT2D eigenvalue weighted by molar-refractivity contribution is 6.12. The number of hydrogen-bond acceptors (Lipinski definition) is 3. The van der Waals surface area contributed by atoms with Crippen LogP contribution in [0, 0.1) is 12.8 Å². The van der Waals surface area contributed by atoms with E-state index in [1.165, 1.54) is 0 Å². The van der Waals surface area contributed by atoms with Gasteiger partial charge in [0, 0.05) is 12.1 Å². The van der Waals surface area contributed by atoms with Crippen LogP contribution in [0.1, 0.15) is 28.8 Å². The lowest BCUT2D eigenvalue weighted by Gasteiger charge is -2.13. The number of nitrogens with zero attached hydrogens (tertiary/aromatic N) is 1. The SMILES string of the molecule is Cc1ccnc(NC(=O)c2cc3ccccc3cc2NC(=O)C2CC2)c1. The number of amides is 2. The fourth-order valence-corrected chi connectivity index (χ4v) is 2.90. The van der Waals surface area contributed by atoms with Crippen LogP contribution >= 0.6 is 0 Å². The topological polar surface area (TPSA) is 71.1 Å². The van der Waals surface area contributed by atoms with Crippen molar-refractivity contribution >= 4 is 34.1 Å². The van der Waals surface area contributed by atoms with Gasteiger partial charge < -0.3 is 10.6 Å². The molecule has 1 aliphatic carbocycles. The summed E-state index contributed by atoms with van der Waals surface area (Å²) in [5, 5.41) is 7.66. The molecule has 1 saturated carbocycles. The largest absolute Gasteiger partial charge is 0.325 e. The van der Waals surface area contributed by atoms with E-state index < -0.39 is 0 Å². The van der Waals surface area contributed by atoms with Crippen LogP contribution in [0.3, 0.4) is 0 Å². The predicted molar refractivity (Wildman–Crippen MR) is 102 cm³/mol. The van der Waals surface area contributed by atoms with Crippen molar-refractivity contribution in [3.63, 3.8) is 0 Å². The summed E-state index contributed by atoms with van der Waals surface area (Å²) in [6, 6.07) is 15.1. The lowest BCUT2D eigenvalue weighted by Crippen LogP contribution is -2.19. The van der Waals surface area contributed by atoms with Crippen molar-refractivity contribution in [2.45, 2.75) is 19.8 Å². The van der Waals surface area contributed by atoms with Gasteiger partial charge in [0.2, 0.25) is 5.91 Å². The fraction of sp³-hybridized carbons (Fsp3) is 0.190. The summed E-state index contributed by atoms with van der Waals surface area (Å²) in [7, 11) is 0. The van der Waals surface area contributed by atoms with Crippen molar-refractivity contribution in [2.75, 3.05) is 10.6 Å². The van der Waals surface area contributed by atoms with Crippen LogP contribution in [-0.4, -0.2) is 16.8 Å². The van der Waals surface area contributed by atoms with Crippen LogP contribution in [0.4, 0.5) is 11.5 Å². The smallest absolute Gasteiger partial charge is 0.258 e. The summed E-state index contributed by atoms with van der Waals surface area (Å²) < 4.78 is 0. The van der Waals surface area contributed by atoms with E-state index in [1.807, 2.05) is 49.4 Å². The number of pyridine rings is 1. The number of aromatic nitrogens is 1. The Balaban J connectivity index is 1.70. The van der Waals surface area contributed by atoms with Gasteiger partial charge in [0.15, 0.2) is 0 Å². The van der Waals surface area contributed by atoms with Gasteiger partial charge in [-0.1, -0.05) is 24.3 Å². The molecule has 0 radical (unpaired) electrons. The molecule has 0 spiro atoms. The third kappa shape index (κ3) is 3.42. The summed E-state index contributed by atoms with van der Waals surface area (Å²) in [6.45, 7) is 1.94. The highest BCUT2D eigenvalue weighted by atomic mass is 16.2. The Morgan fingerprint density at radius 1 is 1.00 bits per heavy atom. The number of carbonyl (C=O) groups is 2. The molecule has 4 rings (SSSR count). The first-order chi connectivity index (χ1) is 12.6. The molecule has 0 aliphatic heterocycles. The van der Waals surface area contributed by atoms with E-state index in [4.69, 9.17) is 0 Å². The molecule has 1 fully saturated rings. The molecule has 26 heavy (non-hydrogen) atoms. The van der Waals surface area contributed by atoms with Crippen LogP contribution in [0.5, 0.6) is 0 Å². The van der Waals surface area contributed by atoms with E-state index in [-0.39, 0.29) is 17.7 Å². The van der Waals surface area contributed by atoms with Gasteiger partial charge in [-0.3, -0.25) is 9.59 Å². The van der Waals surface area contributed by atoms with Gasteiger partial charge in [-0.25, -0.2) is 4.98 Å². The Bertz CT molecular complexity index is 1010.